The summed E-state index contributed by atoms with van der Waals surface area (Å²) >= 11 is 0. The number of hydrazone groups is 1. The van der Waals surface area contributed by atoms with Crippen LogP contribution in [0.2, 0.25) is 0 Å². The van der Waals surface area contributed by atoms with Crippen LogP contribution in [-0.2, 0) is 4.79 Å². The van der Waals surface area contributed by atoms with Gasteiger partial charge in [0.25, 0.3) is 0 Å². The Morgan fingerprint density at radius 1 is 1.37 bits per heavy atom. The molecule has 2 rings (SSSR count). The third-order valence-electron chi connectivity index (χ3n) is 3.40. The van der Waals surface area contributed by atoms with Gasteiger partial charge in [-0.3, -0.25) is 4.79 Å². The van der Waals surface area contributed by atoms with Crippen molar-refractivity contribution in [2.45, 2.75) is 32.1 Å². The molecule has 5 heteroatoms. The summed E-state index contributed by atoms with van der Waals surface area (Å²) in [5.41, 5.74) is 2.60. The van der Waals surface area contributed by atoms with Gasteiger partial charge in [0.05, 0.1) is 6.21 Å². The zero-order chi connectivity index (χ0) is 13.7. The molecule has 1 aromatic heterocycles. The molecule has 1 N–H and O–H groups in total. The minimum atomic E-state index is 0.0235. The summed E-state index contributed by atoms with van der Waals surface area (Å²) in [5, 5.41) is 3.95. The van der Waals surface area contributed by atoms with Crippen LogP contribution in [-0.4, -0.2) is 26.2 Å². The summed E-state index contributed by atoms with van der Waals surface area (Å²) < 4.78 is 5.50. The first-order valence-corrected chi connectivity index (χ1v) is 6.77. The molecular weight excluding hydrogens is 242 g/mol. The number of hydrogen-bond acceptors (Lipinski definition) is 4. The number of nitrogens with one attached hydrogen (secondary N) is 1. The van der Waals surface area contributed by atoms with E-state index in [4.69, 9.17) is 4.42 Å². The molecular formula is C14H21N3O2. The number of furan rings is 1. The Balaban J connectivity index is 1.83. The van der Waals surface area contributed by atoms with Crippen molar-refractivity contribution in [3.63, 3.8) is 0 Å². The average molecular weight is 263 g/mol. The van der Waals surface area contributed by atoms with E-state index in [0.29, 0.717) is 5.76 Å². The van der Waals surface area contributed by atoms with Gasteiger partial charge in [0, 0.05) is 26.1 Å². The highest BCUT2D eigenvalue weighted by Gasteiger charge is 2.20. The maximum absolute atomic E-state index is 11.8. The molecule has 0 aromatic carbocycles. The van der Waals surface area contributed by atoms with E-state index in [1.807, 2.05) is 31.1 Å². The predicted octanol–water partition coefficient (Wildman–Crippen LogP) is 2.38. The first kappa shape index (κ1) is 13.6. The van der Waals surface area contributed by atoms with Crippen molar-refractivity contribution in [3.8, 4) is 0 Å². The molecule has 0 bridgehead atoms. The monoisotopic (exact) mass is 263 g/mol. The van der Waals surface area contributed by atoms with Crippen molar-refractivity contribution in [3.05, 3.63) is 17.9 Å². The van der Waals surface area contributed by atoms with Gasteiger partial charge >= 0.3 is 0 Å². The lowest BCUT2D eigenvalue weighted by molar-refractivity contribution is -0.125. The second-order valence-corrected chi connectivity index (χ2v) is 5.14. The van der Waals surface area contributed by atoms with Crippen molar-refractivity contribution in [2.75, 3.05) is 19.0 Å². The smallest absolute Gasteiger partial charge is 0.243 e. The van der Waals surface area contributed by atoms with Gasteiger partial charge in [0.1, 0.15) is 5.76 Å². The first-order valence-electron chi connectivity index (χ1n) is 6.77. The second-order valence-electron chi connectivity index (χ2n) is 5.14. The highest BCUT2D eigenvalue weighted by Crippen LogP contribution is 2.23. The van der Waals surface area contributed by atoms with Crippen molar-refractivity contribution in [2.24, 2.45) is 11.0 Å². The number of carbonyl (C=O) groups excluding carboxylic acids is 1. The van der Waals surface area contributed by atoms with E-state index >= 15 is 0 Å². The van der Waals surface area contributed by atoms with Gasteiger partial charge in [0.15, 0.2) is 5.88 Å². The molecule has 1 aliphatic rings. The lowest BCUT2D eigenvalue weighted by atomic mass is 9.89. The molecule has 0 aliphatic heterocycles. The number of carbonyl (C=O) groups is 1. The largest absolute Gasteiger partial charge is 0.440 e. The summed E-state index contributed by atoms with van der Waals surface area (Å²) in [4.78, 5) is 13.7. The maximum atomic E-state index is 11.8. The van der Waals surface area contributed by atoms with E-state index < -0.39 is 0 Å². The molecule has 19 heavy (non-hydrogen) atoms. The topological polar surface area (TPSA) is 57.8 Å². The van der Waals surface area contributed by atoms with E-state index in [0.717, 1.165) is 31.6 Å². The Hall–Kier alpha value is -1.78. The number of anilines is 1. The van der Waals surface area contributed by atoms with E-state index in [1.165, 1.54) is 12.6 Å². The second kappa shape index (κ2) is 6.41. The normalized spacial score (nSPS) is 16.7. The quantitative estimate of drug-likeness (QED) is 0.670. The molecule has 1 fully saturated rings. The minimum absolute atomic E-state index is 0.0235. The molecule has 0 unspecified atom stereocenters. The van der Waals surface area contributed by atoms with E-state index in [2.05, 4.69) is 10.5 Å². The van der Waals surface area contributed by atoms with Crippen LogP contribution in [0.25, 0.3) is 0 Å². The van der Waals surface area contributed by atoms with Crippen molar-refractivity contribution < 1.29 is 9.21 Å². The molecule has 1 heterocycles. The van der Waals surface area contributed by atoms with Crippen molar-refractivity contribution in [1.29, 1.82) is 0 Å². The Kier molecular flexibility index (Phi) is 4.60. The molecule has 0 saturated heterocycles. The number of amides is 1. The molecule has 0 spiro atoms. The molecule has 1 aliphatic carbocycles. The summed E-state index contributed by atoms with van der Waals surface area (Å²) in [6.07, 6.45) is 7.03. The zero-order valence-corrected chi connectivity index (χ0v) is 11.6. The van der Waals surface area contributed by atoms with Crippen molar-refractivity contribution >= 4 is 18.0 Å². The first-order chi connectivity index (χ1) is 9.16. The van der Waals surface area contributed by atoms with Gasteiger partial charge in [-0.2, -0.15) is 5.10 Å². The SMILES string of the molecule is CN(C)c1ccc(/C=N/NC(=O)C2CCCCC2)o1. The molecule has 0 radical (unpaired) electrons. The number of rotatable bonds is 4. The van der Waals surface area contributed by atoms with Crippen molar-refractivity contribution in [1.82, 2.24) is 5.43 Å². The Bertz CT molecular complexity index is 445. The van der Waals surface area contributed by atoms with Crippen LogP contribution in [0.4, 0.5) is 5.88 Å². The summed E-state index contributed by atoms with van der Waals surface area (Å²) in [5.74, 6) is 1.54. The van der Waals surface area contributed by atoms with Gasteiger partial charge in [-0.1, -0.05) is 19.3 Å². The molecule has 1 saturated carbocycles. The Labute approximate surface area is 113 Å². The predicted molar refractivity (Wildman–Crippen MR) is 75.3 cm³/mol. The number of hydrogen-bond donors (Lipinski definition) is 1. The summed E-state index contributed by atoms with van der Waals surface area (Å²) in [6.45, 7) is 0. The number of nitrogens with zero attached hydrogens (tertiary/aromatic N) is 2. The lowest BCUT2D eigenvalue weighted by Crippen LogP contribution is -2.28. The fraction of sp³-hybridized carbons (Fsp3) is 0.571. The van der Waals surface area contributed by atoms with Gasteiger partial charge in [0.2, 0.25) is 5.91 Å². The van der Waals surface area contributed by atoms with Gasteiger partial charge in [-0.05, 0) is 18.9 Å². The Morgan fingerprint density at radius 2 is 2.11 bits per heavy atom. The fourth-order valence-corrected chi connectivity index (χ4v) is 2.27. The van der Waals surface area contributed by atoms with Crippen LogP contribution < -0.4 is 10.3 Å². The summed E-state index contributed by atoms with van der Waals surface area (Å²) in [6, 6.07) is 3.69. The van der Waals surface area contributed by atoms with Gasteiger partial charge < -0.3 is 9.32 Å². The molecule has 5 nitrogen and oxygen atoms in total. The molecule has 1 amide bonds. The highest BCUT2D eigenvalue weighted by molar-refractivity contribution is 5.82. The van der Waals surface area contributed by atoms with E-state index in [-0.39, 0.29) is 11.8 Å². The standard InChI is InChI=1S/C14H21N3O2/c1-17(2)13-9-8-12(19-13)10-15-16-14(18)11-6-4-3-5-7-11/h8-11H,3-7H2,1-2H3,(H,16,18)/b15-10+. The third kappa shape index (κ3) is 3.84. The van der Waals surface area contributed by atoms with Gasteiger partial charge in [-0.25, -0.2) is 5.43 Å². The minimum Gasteiger partial charge on any atom is -0.440 e. The van der Waals surface area contributed by atoms with Crippen LogP contribution in [0.1, 0.15) is 37.9 Å². The van der Waals surface area contributed by atoms with Crippen LogP contribution >= 0.6 is 0 Å². The third-order valence-corrected chi connectivity index (χ3v) is 3.40. The van der Waals surface area contributed by atoms with E-state index in [1.54, 1.807) is 0 Å². The average Bonchev–Trinajstić information content (AvgIpc) is 2.89. The highest BCUT2D eigenvalue weighted by atomic mass is 16.4. The zero-order valence-electron chi connectivity index (χ0n) is 11.6. The Morgan fingerprint density at radius 3 is 2.74 bits per heavy atom. The van der Waals surface area contributed by atoms with Crippen LogP contribution in [0, 0.1) is 5.92 Å². The maximum Gasteiger partial charge on any atom is 0.243 e. The van der Waals surface area contributed by atoms with Crippen LogP contribution in [0.15, 0.2) is 21.7 Å². The molecule has 1 aromatic rings. The lowest BCUT2D eigenvalue weighted by Gasteiger charge is -2.19. The molecule has 0 atom stereocenters. The van der Waals surface area contributed by atoms with Crippen LogP contribution in [0.3, 0.4) is 0 Å². The molecule has 104 valence electrons. The fourth-order valence-electron chi connectivity index (χ4n) is 2.27. The van der Waals surface area contributed by atoms with Crippen LogP contribution in [0.5, 0.6) is 0 Å². The van der Waals surface area contributed by atoms with E-state index in [9.17, 15) is 4.79 Å². The van der Waals surface area contributed by atoms with Gasteiger partial charge in [-0.15, -0.1) is 0 Å². The summed E-state index contributed by atoms with van der Waals surface area (Å²) in [7, 11) is 3.81.